The number of ether oxygens (including phenoxy) is 1. The van der Waals surface area contributed by atoms with Gasteiger partial charge in [0.25, 0.3) is 0 Å². The van der Waals surface area contributed by atoms with E-state index >= 15 is 0 Å². The average molecular weight is 307 g/mol. The summed E-state index contributed by atoms with van der Waals surface area (Å²) in [6.45, 7) is 4.25. The molecule has 3 nitrogen and oxygen atoms in total. The second kappa shape index (κ2) is 6.84. The number of hydrogen-bond donors (Lipinski definition) is 1. The van der Waals surface area contributed by atoms with E-state index in [2.05, 4.69) is 38.1 Å². The van der Waals surface area contributed by atoms with Crippen LogP contribution in [0.25, 0.3) is 0 Å². The van der Waals surface area contributed by atoms with Crippen molar-refractivity contribution < 1.29 is 9.53 Å². The lowest BCUT2D eigenvalue weighted by Crippen LogP contribution is -2.23. The minimum Gasteiger partial charge on any atom is -0.469 e. The van der Waals surface area contributed by atoms with E-state index < -0.39 is 0 Å². The maximum absolute atomic E-state index is 11.4. The Morgan fingerprint density at radius 3 is 2.52 bits per heavy atom. The summed E-state index contributed by atoms with van der Waals surface area (Å²) in [5.41, 5.74) is 8.95. The summed E-state index contributed by atoms with van der Waals surface area (Å²) in [6, 6.07) is 8.46. The molecular weight excluding hydrogens is 282 g/mol. The summed E-state index contributed by atoms with van der Waals surface area (Å²) in [7, 11) is 1.46. The van der Waals surface area contributed by atoms with Gasteiger partial charge in [0.1, 0.15) is 0 Å². The van der Waals surface area contributed by atoms with Crippen LogP contribution in [-0.2, 0) is 9.53 Å². The Bertz CT molecular complexity index is 482. The molecule has 21 heavy (non-hydrogen) atoms. The van der Waals surface area contributed by atoms with Gasteiger partial charge < -0.3 is 10.5 Å². The zero-order chi connectivity index (χ0) is 15.5. The zero-order valence-electron chi connectivity index (χ0n) is 13.1. The van der Waals surface area contributed by atoms with E-state index in [-0.39, 0.29) is 17.4 Å². The van der Waals surface area contributed by atoms with E-state index in [1.54, 1.807) is 0 Å². The third kappa shape index (κ3) is 4.48. The molecule has 2 rings (SSSR count). The molecule has 2 N–H and O–H groups in total. The van der Waals surface area contributed by atoms with Crippen LogP contribution < -0.4 is 5.73 Å². The normalized spacial score (nSPS) is 18.9. The monoisotopic (exact) mass is 307 g/mol. The predicted molar refractivity (Wildman–Crippen MR) is 88.3 cm³/mol. The van der Waals surface area contributed by atoms with Gasteiger partial charge >= 0.3 is 5.97 Å². The Morgan fingerprint density at radius 2 is 2.00 bits per heavy atom. The van der Waals surface area contributed by atoms with E-state index in [4.69, 9.17) is 10.5 Å². The maximum atomic E-state index is 11.4. The molecule has 2 unspecified atom stereocenters. The third-order valence-corrected chi connectivity index (χ3v) is 5.92. The van der Waals surface area contributed by atoms with Gasteiger partial charge in [0.2, 0.25) is 0 Å². The topological polar surface area (TPSA) is 52.3 Å². The van der Waals surface area contributed by atoms with Crippen molar-refractivity contribution in [3.05, 3.63) is 35.4 Å². The first kappa shape index (κ1) is 16.4. The summed E-state index contributed by atoms with van der Waals surface area (Å²) in [4.78, 5) is 11.4. The minimum absolute atomic E-state index is 0.0320. The molecule has 2 atom stereocenters. The Morgan fingerprint density at radius 1 is 1.38 bits per heavy atom. The molecule has 0 aliphatic heterocycles. The van der Waals surface area contributed by atoms with Crippen molar-refractivity contribution >= 4 is 17.7 Å². The number of rotatable bonds is 7. The Balaban J connectivity index is 1.85. The van der Waals surface area contributed by atoms with Crippen LogP contribution in [0.5, 0.6) is 0 Å². The SMILES string of the molecule is COC(=O)CC1(CSC(C)C(N)c2ccc(C)cc2)CC1. The van der Waals surface area contributed by atoms with Gasteiger partial charge in [-0.05, 0) is 36.5 Å². The molecule has 0 radical (unpaired) electrons. The zero-order valence-corrected chi connectivity index (χ0v) is 13.9. The first-order valence-corrected chi connectivity index (χ1v) is 8.51. The molecule has 1 aromatic rings. The highest BCUT2D eigenvalue weighted by molar-refractivity contribution is 7.99. The van der Waals surface area contributed by atoms with E-state index in [9.17, 15) is 4.79 Å². The van der Waals surface area contributed by atoms with Gasteiger partial charge in [0, 0.05) is 11.3 Å². The van der Waals surface area contributed by atoms with Crippen LogP contribution in [-0.4, -0.2) is 24.1 Å². The quantitative estimate of drug-likeness (QED) is 0.784. The van der Waals surface area contributed by atoms with Crippen molar-refractivity contribution in [2.75, 3.05) is 12.9 Å². The molecule has 0 spiro atoms. The third-order valence-electron chi connectivity index (χ3n) is 4.32. The molecular formula is C17H25NO2S. The molecule has 0 heterocycles. The second-order valence-corrected chi connectivity index (χ2v) is 7.57. The fraction of sp³-hybridized carbons (Fsp3) is 0.588. The van der Waals surface area contributed by atoms with Crippen molar-refractivity contribution in [1.29, 1.82) is 0 Å². The summed E-state index contributed by atoms with van der Waals surface area (Å²) < 4.78 is 4.79. The highest BCUT2D eigenvalue weighted by Gasteiger charge is 2.44. The Labute approximate surface area is 131 Å². The highest BCUT2D eigenvalue weighted by Crippen LogP contribution is 2.52. The molecule has 116 valence electrons. The number of nitrogens with two attached hydrogens (primary N) is 1. The average Bonchev–Trinajstić information content (AvgIpc) is 3.24. The lowest BCUT2D eigenvalue weighted by Gasteiger charge is -2.22. The number of aryl methyl sites for hydroxylation is 1. The number of carbonyl (C=O) groups excluding carboxylic acids is 1. The van der Waals surface area contributed by atoms with E-state index in [0.717, 1.165) is 18.6 Å². The molecule has 4 heteroatoms. The fourth-order valence-electron chi connectivity index (χ4n) is 2.40. The molecule has 1 aliphatic carbocycles. The second-order valence-electron chi connectivity index (χ2n) is 6.21. The maximum Gasteiger partial charge on any atom is 0.306 e. The first-order chi connectivity index (χ1) is 9.96. The smallest absolute Gasteiger partial charge is 0.306 e. The van der Waals surface area contributed by atoms with Gasteiger partial charge in [-0.2, -0.15) is 11.8 Å². The molecule has 1 aliphatic rings. The van der Waals surface area contributed by atoms with Crippen molar-refractivity contribution in [3.8, 4) is 0 Å². The van der Waals surface area contributed by atoms with Crippen molar-refractivity contribution in [2.45, 2.75) is 44.4 Å². The molecule has 1 saturated carbocycles. The van der Waals surface area contributed by atoms with Gasteiger partial charge in [-0.15, -0.1) is 0 Å². The highest BCUT2D eigenvalue weighted by atomic mass is 32.2. The van der Waals surface area contributed by atoms with Crippen molar-refractivity contribution in [2.24, 2.45) is 11.1 Å². The number of esters is 1. The number of hydrogen-bond acceptors (Lipinski definition) is 4. The molecule has 0 amide bonds. The van der Waals surface area contributed by atoms with Crippen LogP contribution in [0.2, 0.25) is 0 Å². The number of thioether (sulfide) groups is 1. The van der Waals surface area contributed by atoms with Gasteiger partial charge in [-0.3, -0.25) is 4.79 Å². The van der Waals surface area contributed by atoms with E-state index in [1.807, 2.05) is 11.8 Å². The summed E-state index contributed by atoms with van der Waals surface area (Å²) in [6.07, 6.45) is 2.80. The summed E-state index contributed by atoms with van der Waals surface area (Å²) in [5, 5.41) is 0.336. The molecule has 1 aromatic carbocycles. The standard InChI is InChI=1S/C17H25NO2S/c1-12-4-6-14(7-5-12)16(18)13(2)21-11-17(8-9-17)10-15(19)20-3/h4-7,13,16H,8-11,18H2,1-3H3. The van der Waals surface area contributed by atoms with E-state index in [0.29, 0.717) is 11.7 Å². The first-order valence-electron chi connectivity index (χ1n) is 7.46. The molecule has 0 bridgehead atoms. The molecule has 1 fully saturated rings. The summed E-state index contributed by atoms with van der Waals surface area (Å²) in [5.74, 6) is 0.895. The minimum atomic E-state index is -0.0939. The predicted octanol–water partition coefficient (Wildman–Crippen LogP) is 3.46. The van der Waals surface area contributed by atoms with Gasteiger partial charge in [0.15, 0.2) is 0 Å². The Hall–Kier alpha value is -1.00. The lowest BCUT2D eigenvalue weighted by atomic mass is 10.0. The molecule has 0 saturated heterocycles. The lowest BCUT2D eigenvalue weighted by molar-refractivity contribution is -0.141. The summed E-state index contributed by atoms with van der Waals surface area (Å²) >= 11 is 1.87. The largest absolute Gasteiger partial charge is 0.469 e. The number of benzene rings is 1. The van der Waals surface area contributed by atoms with Crippen LogP contribution in [0.1, 0.15) is 43.4 Å². The van der Waals surface area contributed by atoms with E-state index in [1.165, 1.54) is 18.2 Å². The van der Waals surface area contributed by atoms with Gasteiger partial charge in [-0.1, -0.05) is 36.8 Å². The van der Waals surface area contributed by atoms with Gasteiger partial charge in [-0.25, -0.2) is 0 Å². The number of carbonyl (C=O) groups is 1. The van der Waals surface area contributed by atoms with Crippen molar-refractivity contribution in [3.63, 3.8) is 0 Å². The fourth-order valence-corrected chi connectivity index (χ4v) is 3.77. The number of methoxy groups -OCH3 is 1. The van der Waals surface area contributed by atoms with Crippen LogP contribution in [0.4, 0.5) is 0 Å². The van der Waals surface area contributed by atoms with Crippen LogP contribution >= 0.6 is 11.8 Å². The van der Waals surface area contributed by atoms with Crippen LogP contribution in [0, 0.1) is 12.3 Å². The Kier molecular flexibility index (Phi) is 5.33. The van der Waals surface area contributed by atoms with Gasteiger partial charge in [0.05, 0.1) is 13.5 Å². The van der Waals surface area contributed by atoms with Crippen molar-refractivity contribution in [1.82, 2.24) is 0 Å². The molecule has 0 aromatic heterocycles. The van der Waals surface area contributed by atoms with Crippen LogP contribution in [0.15, 0.2) is 24.3 Å². The van der Waals surface area contributed by atoms with Crippen LogP contribution in [0.3, 0.4) is 0 Å².